The van der Waals surface area contributed by atoms with Gasteiger partial charge in [0.15, 0.2) is 11.5 Å². The van der Waals surface area contributed by atoms with Gasteiger partial charge in [-0.1, -0.05) is 43.0 Å². The molecular weight excluding hydrogens is 436 g/mol. The van der Waals surface area contributed by atoms with Crippen molar-refractivity contribution in [1.82, 2.24) is 9.80 Å². The van der Waals surface area contributed by atoms with Crippen molar-refractivity contribution in [3.05, 3.63) is 45.3 Å². The summed E-state index contributed by atoms with van der Waals surface area (Å²) in [4.78, 5) is 40.4. The smallest absolute Gasteiger partial charge is 0.354 e. The van der Waals surface area contributed by atoms with Crippen LogP contribution in [0.1, 0.15) is 35.7 Å². The van der Waals surface area contributed by atoms with Gasteiger partial charge in [0.25, 0.3) is 0 Å². The number of Topliss-reactive ketones (excluding diaryl/α,β-unsaturated/α-hetero) is 1. The van der Waals surface area contributed by atoms with Crippen LogP contribution in [-0.4, -0.2) is 74.0 Å². The van der Waals surface area contributed by atoms with E-state index in [4.69, 9.17) is 0 Å². The van der Waals surface area contributed by atoms with Crippen LogP contribution in [-0.2, 0) is 9.59 Å². The van der Waals surface area contributed by atoms with Crippen LogP contribution in [0.2, 0.25) is 0 Å². The van der Waals surface area contributed by atoms with E-state index in [9.17, 15) is 24.6 Å². The van der Waals surface area contributed by atoms with Gasteiger partial charge in [-0.15, -0.1) is 11.8 Å². The number of aryl methyl sites for hydroxylation is 1. The number of aliphatic hydroxyl groups excluding tert-OH is 1. The molecule has 0 aromatic heterocycles. The van der Waals surface area contributed by atoms with Crippen LogP contribution in [0.15, 0.2) is 34.2 Å². The molecule has 2 fully saturated rings. The van der Waals surface area contributed by atoms with E-state index in [0.29, 0.717) is 23.7 Å². The van der Waals surface area contributed by atoms with E-state index in [1.54, 1.807) is 0 Å². The van der Waals surface area contributed by atoms with Crippen molar-refractivity contribution in [2.45, 2.75) is 43.4 Å². The van der Waals surface area contributed by atoms with Crippen molar-refractivity contribution in [1.29, 1.82) is 0 Å². The van der Waals surface area contributed by atoms with Crippen LogP contribution in [0.5, 0.6) is 0 Å². The molecule has 3 heterocycles. The summed E-state index contributed by atoms with van der Waals surface area (Å²) in [5, 5.41) is 19.7. The number of likely N-dealkylation sites (tertiary alicyclic amines) is 1. The molecule has 1 aromatic rings. The van der Waals surface area contributed by atoms with Gasteiger partial charge in [0.1, 0.15) is 5.37 Å². The second-order valence-corrected chi connectivity index (χ2v) is 10.9. The van der Waals surface area contributed by atoms with E-state index in [1.807, 2.05) is 38.1 Å². The highest BCUT2D eigenvalue weighted by Crippen LogP contribution is 2.55. The predicted octanol–water partition coefficient (Wildman–Crippen LogP) is 2.54. The third-order valence-corrected chi connectivity index (χ3v) is 8.95. The molecule has 3 aliphatic heterocycles. The van der Waals surface area contributed by atoms with Crippen molar-refractivity contribution < 1.29 is 24.6 Å². The highest BCUT2D eigenvalue weighted by atomic mass is 32.2. The number of ketones is 1. The zero-order chi connectivity index (χ0) is 22.3. The normalized spacial score (nSPS) is 26.7. The van der Waals surface area contributed by atoms with Gasteiger partial charge in [-0.3, -0.25) is 19.4 Å². The van der Waals surface area contributed by atoms with Crippen LogP contribution >= 0.6 is 23.5 Å². The van der Waals surface area contributed by atoms with E-state index in [-0.39, 0.29) is 28.0 Å². The van der Waals surface area contributed by atoms with Gasteiger partial charge in [-0.25, -0.2) is 4.79 Å². The van der Waals surface area contributed by atoms with Crippen LogP contribution in [0, 0.1) is 12.8 Å². The first-order chi connectivity index (χ1) is 14.8. The third kappa shape index (κ3) is 4.16. The zero-order valence-corrected chi connectivity index (χ0v) is 19.1. The molecule has 0 spiro atoms. The fourth-order valence-corrected chi connectivity index (χ4v) is 7.67. The Hall–Kier alpha value is -1.81. The molecule has 4 atom stereocenters. The maximum Gasteiger partial charge on any atom is 0.354 e. The van der Waals surface area contributed by atoms with Gasteiger partial charge in [-0.2, -0.15) is 0 Å². The Morgan fingerprint density at radius 1 is 1.32 bits per heavy atom. The quantitative estimate of drug-likeness (QED) is 0.449. The minimum atomic E-state index is -1.11. The summed E-state index contributed by atoms with van der Waals surface area (Å²) in [6.45, 7) is 5.56. The molecule has 0 aliphatic carbocycles. The summed E-state index contributed by atoms with van der Waals surface area (Å²) in [6, 6.07) is 7.57. The Balaban J connectivity index is 1.40. The maximum atomic E-state index is 12.7. The van der Waals surface area contributed by atoms with E-state index in [2.05, 4.69) is 4.90 Å². The first kappa shape index (κ1) is 22.4. The molecule has 166 valence electrons. The van der Waals surface area contributed by atoms with E-state index in [0.717, 1.165) is 24.1 Å². The number of carboxylic acid groups (broad SMARTS) is 1. The minimum absolute atomic E-state index is 0.0407. The lowest BCUT2D eigenvalue weighted by atomic mass is 9.90. The number of nitrogens with zero attached hydrogens (tertiary/aromatic N) is 2. The molecular formula is C22H26N2O5S2. The number of fused-ring (bicyclic) bond motifs is 1. The van der Waals surface area contributed by atoms with Crippen LogP contribution in [0.4, 0.5) is 0 Å². The number of carbonyl (C=O) groups is 3. The number of rotatable bonds is 8. The summed E-state index contributed by atoms with van der Waals surface area (Å²) in [5.74, 6) is -1.87. The maximum absolute atomic E-state index is 12.7. The topological polar surface area (TPSA) is 98.2 Å². The van der Waals surface area contributed by atoms with E-state index in [1.165, 1.54) is 28.4 Å². The standard InChI is InChI=1S/C22H26N2O5S2/c1-3-15(25)17-19(27)24-18(21(28)29)22(31-20(17)24)30-13-8-9-23(10-13)11-16(26)14-7-5-4-6-12(14)2/h4-7,13,15,17,20,25H,3,8-11H2,1-2H3,(H,28,29)/t13?,15-,17+,20+/m0/s1. The molecule has 1 amide bonds. The molecule has 0 saturated carbocycles. The van der Waals surface area contributed by atoms with Crippen molar-refractivity contribution in [2.75, 3.05) is 19.6 Å². The second-order valence-electron chi connectivity index (χ2n) is 8.16. The van der Waals surface area contributed by atoms with Crippen molar-refractivity contribution in [3.63, 3.8) is 0 Å². The first-order valence-electron chi connectivity index (χ1n) is 10.4. The monoisotopic (exact) mass is 462 g/mol. The summed E-state index contributed by atoms with van der Waals surface area (Å²) in [6.07, 6.45) is 0.552. The number of hydrogen-bond acceptors (Lipinski definition) is 7. The first-order valence-corrected chi connectivity index (χ1v) is 12.2. The number of β-lactam (4-membered cyclic amide) rings is 1. The number of thioether (sulfide) groups is 2. The SMILES string of the molecule is CC[C@H](O)[C@@H]1C(=O)N2C(C(=O)O)=C(SC3CCN(CC(=O)c4ccccc4C)C3)S[C@H]12. The van der Waals surface area contributed by atoms with Crippen molar-refractivity contribution in [2.24, 2.45) is 5.92 Å². The lowest BCUT2D eigenvalue weighted by Gasteiger charge is -2.44. The highest BCUT2D eigenvalue weighted by molar-refractivity contribution is 8.23. The van der Waals surface area contributed by atoms with Crippen molar-refractivity contribution in [3.8, 4) is 0 Å². The molecule has 7 nitrogen and oxygen atoms in total. The van der Waals surface area contributed by atoms with Gasteiger partial charge in [0.2, 0.25) is 5.91 Å². The molecule has 1 aromatic carbocycles. The summed E-state index contributed by atoms with van der Waals surface area (Å²) < 4.78 is 0.633. The number of carbonyl (C=O) groups excluding carboxylic acids is 2. The molecule has 9 heteroatoms. The van der Waals surface area contributed by atoms with E-state index >= 15 is 0 Å². The molecule has 0 bridgehead atoms. The predicted molar refractivity (Wildman–Crippen MR) is 121 cm³/mol. The van der Waals surface area contributed by atoms with Gasteiger partial charge >= 0.3 is 5.97 Å². The molecule has 0 radical (unpaired) electrons. The third-order valence-electron chi connectivity index (χ3n) is 6.10. The van der Waals surface area contributed by atoms with Gasteiger partial charge < -0.3 is 10.2 Å². The van der Waals surface area contributed by atoms with Crippen LogP contribution in [0.25, 0.3) is 0 Å². The number of carboxylic acids is 1. The Labute approximate surface area is 189 Å². The molecule has 3 aliphatic rings. The molecule has 2 N–H and O–H groups in total. The Morgan fingerprint density at radius 2 is 2.06 bits per heavy atom. The molecule has 2 saturated heterocycles. The average Bonchev–Trinajstić information content (AvgIpc) is 3.30. The largest absolute Gasteiger partial charge is 0.477 e. The Kier molecular flexibility index (Phi) is 6.48. The van der Waals surface area contributed by atoms with Gasteiger partial charge in [0, 0.05) is 17.4 Å². The number of aliphatic hydroxyl groups is 1. The lowest BCUT2D eigenvalue weighted by molar-refractivity contribution is -0.157. The number of hydrogen-bond donors (Lipinski definition) is 2. The number of benzene rings is 1. The lowest BCUT2D eigenvalue weighted by Crippen LogP contribution is -2.61. The molecule has 1 unspecified atom stereocenters. The Morgan fingerprint density at radius 3 is 2.74 bits per heavy atom. The van der Waals surface area contributed by atoms with Gasteiger partial charge in [-0.05, 0) is 31.9 Å². The summed E-state index contributed by atoms with van der Waals surface area (Å²) >= 11 is 2.86. The average molecular weight is 463 g/mol. The zero-order valence-electron chi connectivity index (χ0n) is 17.5. The molecule has 4 rings (SSSR count). The molecule has 31 heavy (non-hydrogen) atoms. The van der Waals surface area contributed by atoms with Crippen LogP contribution in [0.3, 0.4) is 0 Å². The fraction of sp³-hybridized carbons (Fsp3) is 0.500. The van der Waals surface area contributed by atoms with E-state index < -0.39 is 18.0 Å². The van der Waals surface area contributed by atoms with Gasteiger partial charge in [0.05, 0.1) is 22.8 Å². The summed E-state index contributed by atoms with van der Waals surface area (Å²) in [5.41, 5.74) is 1.75. The fourth-order valence-electron chi connectivity index (χ4n) is 4.36. The highest BCUT2D eigenvalue weighted by Gasteiger charge is 2.58. The van der Waals surface area contributed by atoms with Crippen LogP contribution < -0.4 is 0 Å². The second kappa shape index (κ2) is 8.97. The number of amides is 1. The minimum Gasteiger partial charge on any atom is -0.477 e. The number of aliphatic carboxylic acids is 1. The van der Waals surface area contributed by atoms with Crippen molar-refractivity contribution >= 4 is 41.2 Å². The Bertz CT molecular complexity index is 950. The summed E-state index contributed by atoms with van der Waals surface area (Å²) in [7, 11) is 0.